The van der Waals surface area contributed by atoms with Crippen LogP contribution < -0.4 is 15.6 Å². The molecule has 3 aromatic rings. The second-order valence-electron chi connectivity index (χ2n) is 7.37. The van der Waals surface area contributed by atoms with Gasteiger partial charge in [-0.05, 0) is 61.8 Å². The highest BCUT2D eigenvalue weighted by Crippen LogP contribution is 2.15. The smallest absolute Gasteiger partial charge is 0.258 e. The minimum atomic E-state index is -0.106. The Hall–Kier alpha value is -3.05. The van der Waals surface area contributed by atoms with Crippen LogP contribution >= 0.6 is 0 Å². The molecular weight excluding hydrogens is 362 g/mol. The van der Waals surface area contributed by atoms with E-state index in [4.69, 9.17) is 4.74 Å². The third-order valence-corrected chi connectivity index (χ3v) is 5.24. The lowest BCUT2D eigenvalue weighted by molar-refractivity contribution is 0.305. The Morgan fingerprint density at radius 2 is 1.69 bits per heavy atom. The van der Waals surface area contributed by atoms with Crippen molar-refractivity contribution in [3.63, 3.8) is 0 Å². The van der Waals surface area contributed by atoms with Crippen LogP contribution in [0.4, 0.5) is 5.69 Å². The summed E-state index contributed by atoms with van der Waals surface area (Å²) in [5, 5.41) is 3.46. The predicted octanol–water partition coefficient (Wildman–Crippen LogP) is 3.92. The molecule has 0 saturated carbocycles. The van der Waals surface area contributed by atoms with Crippen molar-refractivity contribution in [2.75, 3.05) is 31.5 Å². The molecule has 1 saturated heterocycles. The fraction of sp³-hybridized carbons (Fsp3) is 0.292. The predicted molar refractivity (Wildman–Crippen MR) is 117 cm³/mol. The van der Waals surface area contributed by atoms with Crippen LogP contribution in [0.5, 0.6) is 5.75 Å². The number of aromatic nitrogens is 1. The minimum absolute atomic E-state index is 0.106. The molecule has 0 radical (unpaired) electrons. The van der Waals surface area contributed by atoms with Crippen molar-refractivity contribution in [3.05, 3.63) is 88.8 Å². The number of rotatable bonds is 8. The molecule has 1 aliphatic heterocycles. The summed E-state index contributed by atoms with van der Waals surface area (Å²) in [5.41, 5.74) is 2.88. The molecule has 2 aromatic carbocycles. The van der Waals surface area contributed by atoms with E-state index in [0.717, 1.165) is 30.0 Å². The lowest BCUT2D eigenvalue weighted by atomic mass is 10.2. The van der Waals surface area contributed by atoms with Crippen LogP contribution in [-0.4, -0.2) is 35.6 Å². The second kappa shape index (κ2) is 9.43. The van der Waals surface area contributed by atoms with E-state index in [0.29, 0.717) is 12.4 Å². The molecule has 1 aliphatic rings. The van der Waals surface area contributed by atoms with E-state index in [1.165, 1.54) is 32.0 Å². The van der Waals surface area contributed by atoms with Gasteiger partial charge < -0.3 is 15.0 Å². The second-order valence-corrected chi connectivity index (χ2v) is 7.37. The normalized spacial score (nSPS) is 14.1. The molecule has 1 N–H and O–H groups in total. The fourth-order valence-electron chi connectivity index (χ4n) is 3.61. The van der Waals surface area contributed by atoms with Crippen molar-refractivity contribution in [2.45, 2.75) is 19.4 Å². The first-order chi connectivity index (χ1) is 14.3. The Balaban J connectivity index is 1.34. The van der Waals surface area contributed by atoms with Gasteiger partial charge in [-0.15, -0.1) is 0 Å². The van der Waals surface area contributed by atoms with Crippen molar-refractivity contribution in [3.8, 4) is 11.4 Å². The van der Waals surface area contributed by atoms with Gasteiger partial charge in [0, 0.05) is 36.7 Å². The number of nitrogens with zero attached hydrogens (tertiary/aromatic N) is 2. The topological polar surface area (TPSA) is 46.5 Å². The summed E-state index contributed by atoms with van der Waals surface area (Å²) in [4.78, 5) is 15.0. The van der Waals surface area contributed by atoms with Crippen LogP contribution in [0, 0.1) is 0 Å². The minimum Gasteiger partial charge on any atom is -0.489 e. The third kappa shape index (κ3) is 5.27. The highest BCUT2D eigenvalue weighted by Gasteiger charge is 2.10. The number of hydrogen-bond donors (Lipinski definition) is 1. The van der Waals surface area contributed by atoms with Gasteiger partial charge in [0.25, 0.3) is 5.56 Å². The highest BCUT2D eigenvalue weighted by molar-refractivity contribution is 5.49. The summed E-state index contributed by atoms with van der Waals surface area (Å²) in [6.07, 6.45) is 4.40. The van der Waals surface area contributed by atoms with Crippen LogP contribution in [0.25, 0.3) is 5.69 Å². The maximum absolute atomic E-state index is 12.5. The molecule has 0 unspecified atom stereocenters. The molecule has 1 aromatic heterocycles. The highest BCUT2D eigenvalue weighted by atomic mass is 16.5. The van der Waals surface area contributed by atoms with Crippen molar-refractivity contribution in [1.29, 1.82) is 0 Å². The maximum Gasteiger partial charge on any atom is 0.258 e. The monoisotopic (exact) mass is 389 g/mol. The van der Waals surface area contributed by atoms with Crippen LogP contribution in [0.3, 0.4) is 0 Å². The quantitative estimate of drug-likeness (QED) is 0.634. The molecule has 4 rings (SSSR count). The summed E-state index contributed by atoms with van der Waals surface area (Å²) < 4.78 is 7.37. The molecule has 0 amide bonds. The summed E-state index contributed by atoms with van der Waals surface area (Å²) in [6, 6.07) is 21.2. The summed E-state index contributed by atoms with van der Waals surface area (Å²) >= 11 is 0. The van der Waals surface area contributed by atoms with Gasteiger partial charge in [0.2, 0.25) is 0 Å². The van der Waals surface area contributed by atoms with Gasteiger partial charge in [-0.3, -0.25) is 9.36 Å². The Morgan fingerprint density at radius 1 is 0.931 bits per heavy atom. The molecule has 2 heterocycles. The first kappa shape index (κ1) is 19.3. The first-order valence-corrected chi connectivity index (χ1v) is 10.2. The van der Waals surface area contributed by atoms with Crippen LogP contribution in [0.2, 0.25) is 0 Å². The summed E-state index contributed by atoms with van der Waals surface area (Å²) in [7, 11) is 0. The van der Waals surface area contributed by atoms with Gasteiger partial charge in [-0.2, -0.15) is 0 Å². The van der Waals surface area contributed by atoms with Crippen LogP contribution in [0.1, 0.15) is 18.4 Å². The molecule has 0 spiro atoms. The molecule has 150 valence electrons. The molecule has 1 fully saturated rings. The average Bonchev–Trinajstić information content (AvgIpc) is 3.27. The van der Waals surface area contributed by atoms with Crippen LogP contribution in [0.15, 0.2) is 77.7 Å². The average molecular weight is 389 g/mol. The van der Waals surface area contributed by atoms with Gasteiger partial charge in [-0.25, -0.2) is 0 Å². The van der Waals surface area contributed by atoms with Crippen LogP contribution in [-0.2, 0) is 6.61 Å². The number of anilines is 1. The zero-order valence-electron chi connectivity index (χ0n) is 16.6. The maximum atomic E-state index is 12.5. The number of nitrogens with one attached hydrogen (secondary N) is 1. The third-order valence-electron chi connectivity index (χ3n) is 5.24. The number of benzene rings is 2. The SMILES string of the molecule is O=c1cc(OCc2ccccc2)ccn1-c1ccc(NCCN2CCCC2)cc1. The van der Waals surface area contributed by atoms with E-state index in [9.17, 15) is 4.79 Å². The van der Waals surface area contributed by atoms with Gasteiger partial charge in [0.05, 0.1) is 0 Å². The number of hydrogen-bond acceptors (Lipinski definition) is 4. The van der Waals surface area contributed by atoms with E-state index in [2.05, 4.69) is 10.2 Å². The summed E-state index contributed by atoms with van der Waals surface area (Å²) in [6.45, 7) is 4.89. The Labute approximate surface area is 171 Å². The Bertz CT molecular complexity index is 961. The Morgan fingerprint density at radius 3 is 2.41 bits per heavy atom. The lowest BCUT2D eigenvalue weighted by Crippen LogP contribution is -2.25. The fourth-order valence-corrected chi connectivity index (χ4v) is 3.61. The largest absolute Gasteiger partial charge is 0.489 e. The number of ether oxygens (including phenoxy) is 1. The van der Waals surface area contributed by atoms with Crippen molar-refractivity contribution in [2.24, 2.45) is 0 Å². The molecule has 0 atom stereocenters. The van der Waals surface area contributed by atoms with E-state index in [1.807, 2.05) is 60.7 Å². The molecule has 5 nitrogen and oxygen atoms in total. The van der Waals surface area contributed by atoms with Gasteiger partial charge >= 0.3 is 0 Å². The van der Waals surface area contributed by atoms with E-state index in [-0.39, 0.29) is 5.56 Å². The van der Waals surface area contributed by atoms with E-state index >= 15 is 0 Å². The van der Waals surface area contributed by atoms with Gasteiger partial charge in [-0.1, -0.05) is 30.3 Å². The van der Waals surface area contributed by atoms with Crippen molar-refractivity contribution in [1.82, 2.24) is 9.47 Å². The molecular formula is C24H27N3O2. The number of pyridine rings is 1. The van der Waals surface area contributed by atoms with Gasteiger partial charge in [0.15, 0.2) is 0 Å². The zero-order chi connectivity index (χ0) is 19.9. The number of likely N-dealkylation sites (tertiary alicyclic amines) is 1. The van der Waals surface area contributed by atoms with Gasteiger partial charge in [0.1, 0.15) is 12.4 Å². The molecule has 0 aliphatic carbocycles. The molecule has 5 heteroatoms. The first-order valence-electron chi connectivity index (χ1n) is 10.2. The van der Waals surface area contributed by atoms with E-state index < -0.39 is 0 Å². The molecule has 29 heavy (non-hydrogen) atoms. The van der Waals surface area contributed by atoms with E-state index in [1.54, 1.807) is 10.8 Å². The lowest BCUT2D eigenvalue weighted by Gasteiger charge is -2.15. The molecule has 0 bridgehead atoms. The zero-order valence-corrected chi connectivity index (χ0v) is 16.6. The summed E-state index contributed by atoms with van der Waals surface area (Å²) in [5.74, 6) is 0.579. The standard InChI is InChI=1S/C24H27N3O2/c28-24-18-23(29-19-20-6-2-1-3-7-20)12-16-27(24)22-10-8-21(9-11-22)25-13-17-26-14-4-5-15-26/h1-3,6-12,16,18,25H,4-5,13-15,17,19H2. The Kier molecular flexibility index (Phi) is 6.27. The van der Waals surface area contributed by atoms with Crippen molar-refractivity contribution < 1.29 is 4.74 Å². The van der Waals surface area contributed by atoms with Crippen molar-refractivity contribution >= 4 is 5.69 Å².